The molecule has 1 aromatic carbocycles. The molecule has 0 bridgehead atoms. The molecule has 3 rings (SSSR count). The van der Waals surface area contributed by atoms with Crippen LogP contribution in [0, 0.1) is 12.8 Å². The van der Waals surface area contributed by atoms with Crippen LogP contribution in [-0.2, 0) is 21.4 Å². The van der Waals surface area contributed by atoms with Crippen molar-refractivity contribution in [1.82, 2.24) is 14.6 Å². The zero-order valence-electron chi connectivity index (χ0n) is 14.8. The minimum Gasteiger partial charge on any atom is -0.352 e. The van der Waals surface area contributed by atoms with Gasteiger partial charge in [-0.05, 0) is 43.0 Å². The molecule has 138 valence electrons. The molecule has 2 aromatic rings. The van der Waals surface area contributed by atoms with Crippen LogP contribution in [0.25, 0.3) is 0 Å². The molecule has 1 fully saturated rings. The van der Waals surface area contributed by atoms with Crippen LogP contribution in [-0.4, -0.2) is 36.7 Å². The van der Waals surface area contributed by atoms with E-state index in [1.54, 1.807) is 37.5 Å². The molecule has 6 nitrogen and oxygen atoms in total. The first-order chi connectivity index (χ1) is 12.5. The van der Waals surface area contributed by atoms with Crippen LogP contribution >= 0.6 is 0 Å². The van der Waals surface area contributed by atoms with Gasteiger partial charge in [0.15, 0.2) is 0 Å². The van der Waals surface area contributed by atoms with E-state index < -0.39 is 10.0 Å². The van der Waals surface area contributed by atoms with E-state index in [4.69, 9.17) is 0 Å². The number of hydrogen-bond acceptors (Lipinski definition) is 4. The third-order valence-corrected chi connectivity index (χ3v) is 6.78. The molecule has 0 aliphatic carbocycles. The van der Waals surface area contributed by atoms with Crippen LogP contribution in [0.5, 0.6) is 0 Å². The highest BCUT2D eigenvalue weighted by Crippen LogP contribution is 2.25. The molecule has 2 heterocycles. The maximum atomic E-state index is 12.8. The summed E-state index contributed by atoms with van der Waals surface area (Å²) >= 11 is 0. The quantitative estimate of drug-likeness (QED) is 0.871. The number of pyridine rings is 1. The van der Waals surface area contributed by atoms with E-state index in [9.17, 15) is 13.2 Å². The zero-order valence-corrected chi connectivity index (χ0v) is 15.6. The van der Waals surface area contributed by atoms with Gasteiger partial charge in [-0.25, -0.2) is 8.42 Å². The van der Waals surface area contributed by atoms with Gasteiger partial charge < -0.3 is 5.32 Å². The van der Waals surface area contributed by atoms with Gasteiger partial charge in [-0.2, -0.15) is 4.31 Å². The molecule has 1 aliphatic heterocycles. The largest absolute Gasteiger partial charge is 0.352 e. The Hall–Kier alpha value is -2.25. The summed E-state index contributed by atoms with van der Waals surface area (Å²) in [4.78, 5) is 16.7. The monoisotopic (exact) mass is 373 g/mol. The lowest BCUT2D eigenvalue weighted by Gasteiger charge is -2.31. The zero-order chi connectivity index (χ0) is 18.6. The van der Waals surface area contributed by atoms with Gasteiger partial charge in [-0.15, -0.1) is 0 Å². The molecule has 1 aromatic heterocycles. The van der Waals surface area contributed by atoms with Crippen LogP contribution in [0.15, 0.2) is 53.7 Å². The summed E-state index contributed by atoms with van der Waals surface area (Å²) in [6.45, 7) is 2.96. The highest BCUT2D eigenvalue weighted by molar-refractivity contribution is 7.89. The van der Waals surface area contributed by atoms with Gasteiger partial charge in [-0.3, -0.25) is 9.78 Å². The predicted octanol–water partition coefficient (Wildman–Crippen LogP) is 2.11. The van der Waals surface area contributed by atoms with E-state index in [-0.39, 0.29) is 11.8 Å². The fourth-order valence-corrected chi connectivity index (χ4v) is 4.87. The lowest BCUT2D eigenvalue weighted by atomic mass is 9.97. The highest BCUT2D eigenvalue weighted by Gasteiger charge is 2.32. The summed E-state index contributed by atoms with van der Waals surface area (Å²) in [5.41, 5.74) is 1.68. The summed E-state index contributed by atoms with van der Waals surface area (Å²) in [7, 11) is -3.50. The maximum Gasteiger partial charge on any atom is 0.243 e. The molecule has 0 spiro atoms. The Morgan fingerprint density at radius 2 is 1.92 bits per heavy atom. The second-order valence-electron chi connectivity index (χ2n) is 6.52. The number of nitrogens with one attached hydrogen (secondary N) is 1. The summed E-state index contributed by atoms with van der Waals surface area (Å²) in [5, 5.41) is 2.92. The smallest absolute Gasteiger partial charge is 0.243 e. The van der Waals surface area contributed by atoms with Crippen molar-refractivity contribution >= 4 is 15.9 Å². The number of nitrogens with zero attached hydrogens (tertiary/aromatic N) is 2. The molecular formula is C19H23N3O3S. The average Bonchev–Trinajstić information content (AvgIpc) is 2.67. The average molecular weight is 373 g/mol. The van der Waals surface area contributed by atoms with E-state index in [1.807, 2.05) is 18.2 Å². The van der Waals surface area contributed by atoms with E-state index in [0.29, 0.717) is 37.4 Å². The Bertz CT molecular complexity index is 861. The van der Waals surface area contributed by atoms with Crippen molar-refractivity contribution in [3.8, 4) is 0 Å². The number of carbonyl (C=O) groups excluding carboxylic acids is 1. The molecule has 0 atom stereocenters. The van der Waals surface area contributed by atoms with Crippen molar-refractivity contribution < 1.29 is 13.2 Å². The van der Waals surface area contributed by atoms with Gasteiger partial charge in [0.25, 0.3) is 0 Å². The Labute approximate surface area is 154 Å². The molecule has 1 amide bonds. The van der Waals surface area contributed by atoms with Crippen LogP contribution in [0.1, 0.15) is 24.0 Å². The lowest BCUT2D eigenvalue weighted by Crippen LogP contribution is -2.43. The van der Waals surface area contributed by atoms with Gasteiger partial charge in [0.05, 0.1) is 4.90 Å². The SMILES string of the molecule is Cc1ccccc1S(=O)(=O)N1CCC(C(=O)NCc2cccnc2)CC1. The summed E-state index contributed by atoms with van der Waals surface area (Å²) < 4.78 is 27.1. The van der Waals surface area contributed by atoms with E-state index in [0.717, 1.165) is 11.1 Å². The standard InChI is InChI=1S/C19H23N3O3S/c1-15-5-2-3-7-18(15)26(24,25)22-11-8-17(9-12-22)19(23)21-14-16-6-4-10-20-13-16/h2-7,10,13,17H,8-9,11-12,14H2,1H3,(H,21,23). The van der Waals surface area contributed by atoms with E-state index >= 15 is 0 Å². The first-order valence-electron chi connectivity index (χ1n) is 8.71. The number of sulfonamides is 1. The number of aryl methyl sites for hydroxylation is 1. The van der Waals surface area contributed by atoms with Crippen LogP contribution in [0.4, 0.5) is 0 Å². The number of hydrogen-bond donors (Lipinski definition) is 1. The molecule has 0 unspecified atom stereocenters. The summed E-state index contributed by atoms with van der Waals surface area (Å²) in [6.07, 6.45) is 4.47. The first kappa shape index (κ1) is 18.5. The number of rotatable bonds is 5. The van der Waals surface area contributed by atoms with E-state index in [2.05, 4.69) is 10.3 Å². The molecule has 0 saturated carbocycles. The number of benzene rings is 1. The molecule has 1 saturated heterocycles. The van der Waals surface area contributed by atoms with Crippen molar-refractivity contribution in [1.29, 1.82) is 0 Å². The van der Waals surface area contributed by atoms with Crippen molar-refractivity contribution in [2.24, 2.45) is 5.92 Å². The minimum absolute atomic E-state index is 0.0261. The predicted molar refractivity (Wildman–Crippen MR) is 98.7 cm³/mol. The van der Waals surface area contributed by atoms with Crippen molar-refractivity contribution in [2.75, 3.05) is 13.1 Å². The van der Waals surface area contributed by atoms with Gasteiger partial charge >= 0.3 is 0 Å². The lowest BCUT2D eigenvalue weighted by molar-refractivity contribution is -0.126. The third kappa shape index (κ3) is 4.11. The van der Waals surface area contributed by atoms with Crippen LogP contribution in [0.2, 0.25) is 0 Å². The second-order valence-corrected chi connectivity index (χ2v) is 8.43. The van der Waals surface area contributed by atoms with Crippen LogP contribution < -0.4 is 5.32 Å². The number of aromatic nitrogens is 1. The topological polar surface area (TPSA) is 79.4 Å². The first-order valence-corrected chi connectivity index (χ1v) is 10.1. The minimum atomic E-state index is -3.50. The summed E-state index contributed by atoms with van der Waals surface area (Å²) in [5.74, 6) is -0.184. The van der Waals surface area contributed by atoms with Gasteiger partial charge in [0.1, 0.15) is 0 Å². The Kier molecular flexibility index (Phi) is 5.68. The third-order valence-electron chi connectivity index (χ3n) is 4.73. The number of piperidine rings is 1. The van der Waals surface area contributed by atoms with Gasteiger partial charge in [-0.1, -0.05) is 24.3 Å². The number of amides is 1. The molecular weight excluding hydrogens is 350 g/mol. The van der Waals surface area contributed by atoms with E-state index in [1.165, 1.54) is 4.31 Å². The van der Waals surface area contributed by atoms with Gasteiger partial charge in [0, 0.05) is 37.9 Å². The molecule has 26 heavy (non-hydrogen) atoms. The molecule has 1 N–H and O–H groups in total. The highest BCUT2D eigenvalue weighted by atomic mass is 32.2. The van der Waals surface area contributed by atoms with Crippen molar-refractivity contribution in [2.45, 2.75) is 31.2 Å². The summed E-state index contributed by atoms with van der Waals surface area (Å²) in [6, 6.07) is 10.7. The number of carbonyl (C=O) groups is 1. The second kappa shape index (κ2) is 7.97. The fourth-order valence-electron chi connectivity index (χ4n) is 3.18. The molecule has 7 heteroatoms. The maximum absolute atomic E-state index is 12.8. The Morgan fingerprint density at radius 1 is 1.19 bits per heavy atom. The van der Waals surface area contributed by atoms with Gasteiger partial charge in [0.2, 0.25) is 15.9 Å². The molecule has 1 aliphatic rings. The molecule has 0 radical (unpaired) electrons. The normalized spacial score (nSPS) is 16.3. The van der Waals surface area contributed by atoms with Crippen LogP contribution in [0.3, 0.4) is 0 Å². The fraction of sp³-hybridized carbons (Fsp3) is 0.368. The van der Waals surface area contributed by atoms with Crippen molar-refractivity contribution in [3.63, 3.8) is 0 Å². The Morgan fingerprint density at radius 3 is 2.58 bits per heavy atom. The Balaban J connectivity index is 1.57. The van der Waals surface area contributed by atoms with Crippen molar-refractivity contribution in [3.05, 3.63) is 59.9 Å².